The second-order valence-electron chi connectivity index (χ2n) is 4.28. The van der Waals surface area contributed by atoms with Gasteiger partial charge >= 0.3 is 5.97 Å². The fraction of sp³-hybridized carbons (Fsp3) is 0.214. The number of anilines is 2. The van der Waals surface area contributed by atoms with Crippen molar-refractivity contribution in [1.29, 1.82) is 0 Å². The molecule has 0 amide bonds. The summed E-state index contributed by atoms with van der Waals surface area (Å²) in [6.07, 6.45) is 3.96. The van der Waals surface area contributed by atoms with E-state index in [1.54, 1.807) is 6.20 Å². The molecule has 2 rings (SSSR count). The van der Waals surface area contributed by atoms with E-state index in [1.807, 2.05) is 12.1 Å². The van der Waals surface area contributed by atoms with Gasteiger partial charge < -0.3 is 16.2 Å². The first-order valence-corrected chi connectivity index (χ1v) is 6.27. The van der Waals surface area contributed by atoms with Crippen LogP contribution >= 0.6 is 0 Å². The van der Waals surface area contributed by atoms with Crippen molar-refractivity contribution < 1.29 is 9.90 Å². The largest absolute Gasteiger partial charge is 0.478 e. The Hall–Kier alpha value is -2.63. The summed E-state index contributed by atoms with van der Waals surface area (Å²) in [4.78, 5) is 19.4. The molecule has 0 unspecified atom stereocenters. The quantitative estimate of drug-likeness (QED) is 0.768. The highest BCUT2D eigenvalue weighted by Crippen LogP contribution is 2.16. The number of hydrogen-bond donors (Lipinski definition) is 3. The second kappa shape index (κ2) is 6.01. The van der Waals surface area contributed by atoms with Crippen LogP contribution in [0.15, 0.2) is 30.6 Å². The van der Waals surface area contributed by atoms with E-state index < -0.39 is 5.97 Å². The van der Waals surface area contributed by atoms with E-state index in [2.05, 4.69) is 22.2 Å². The molecule has 0 aromatic carbocycles. The van der Waals surface area contributed by atoms with Crippen LogP contribution < -0.4 is 11.1 Å². The van der Waals surface area contributed by atoms with Crippen molar-refractivity contribution in [2.45, 2.75) is 19.9 Å². The molecule has 0 saturated heterocycles. The van der Waals surface area contributed by atoms with Crippen LogP contribution in [0.25, 0.3) is 0 Å². The lowest BCUT2D eigenvalue weighted by Crippen LogP contribution is -2.09. The zero-order valence-corrected chi connectivity index (χ0v) is 11.1. The minimum Gasteiger partial charge on any atom is -0.478 e. The number of carbonyl (C=O) groups is 1. The van der Waals surface area contributed by atoms with Gasteiger partial charge in [0.1, 0.15) is 5.82 Å². The summed E-state index contributed by atoms with van der Waals surface area (Å²) >= 11 is 0. The second-order valence-corrected chi connectivity index (χ2v) is 4.28. The molecule has 0 aliphatic carbocycles. The average Bonchev–Trinajstić information content (AvgIpc) is 2.46. The summed E-state index contributed by atoms with van der Waals surface area (Å²) in [5, 5.41) is 12.1. The molecule has 20 heavy (non-hydrogen) atoms. The minimum absolute atomic E-state index is 0.0410. The molecule has 0 aliphatic rings. The lowest BCUT2D eigenvalue weighted by Gasteiger charge is -2.09. The van der Waals surface area contributed by atoms with E-state index in [-0.39, 0.29) is 11.3 Å². The van der Waals surface area contributed by atoms with Crippen LogP contribution in [0, 0.1) is 0 Å². The fourth-order valence-corrected chi connectivity index (χ4v) is 1.87. The number of aromatic carboxylic acids is 1. The van der Waals surface area contributed by atoms with Crippen LogP contribution in [0.1, 0.15) is 28.5 Å². The SMILES string of the molecule is CCc1cccnc1CNc1cc(C(=O)O)c(N)cn1. The number of aromatic nitrogens is 2. The van der Waals surface area contributed by atoms with Crippen molar-refractivity contribution in [1.82, 2.24) is 9.97 Å². The highest BCUT2D eigenvalue weighted by atomic mass is 16.4. The van der Waals surface area contributed by atoms with Crippen LogP contribution in [0.2, 0.25) is 0 Å². The summed E-state index contributed by atoms with van der Waals surface area (Å²) in [5.41, 5.74) is 7.82. The third-order valence-corrected chi connectivity index (χ3v) is 2.97. The van der Waals surface area contributed by atoms with E-state index in [4.69, 9.17) is 10.8 Å². The van der Waals surface area contributed by atoms with Gasteiger partial charge in [-0.1, -0.05) is 13.0 Å². The molecule has 6 nitrogen and oxygen atoms in total. The molecular formula is C14H16N4O2. The van der Waals surface area contributed by atoms with Gasteiger partial charge in [-0.25, -0.2) is 9.78 Å². The topological polar surface area (TPSA) is 101 Å². The lowest BCUT2D eigenvalue weighted by molar-refractivity contribution is 0.0698. The summed E-state index contributed by atoms with van der Waals surface area (Å²) in [7, 11) is 0. The van der Waals surface area contributed by atoms with Crippen molar-refractivity contribution in [3.63, 3.8) is 0 Å². The Morgan fingerprint density at radius 2 is 2.25 bits per heavy atom. The van der Waals surface area contributed by atoms with E-state index in [0.717, 1.165) is 17.7 Å². The average molecular weight is 272 g/mol. The Kier molecular flexibility index (Phi) is 4.14. The Morgan fingerprint density at radius 3 is 2.95 bits per heavy atom. The molecule has 0 fully saturated rings. The van der Waals surface area contributed by atoms with Crippen molar-refractivity contribution in [3.05, 3.63) is 47.4 Å². The molecule has 0 aliphatic heterocycles. The summed E-state index contributed by atoms with van der Waals surface area (Å²) in [6, 6.07) is 5.33. The lowest BCUT2D eigenvalue weighted by atomic mass is 10.1. The zero-order valence-electron chi connectivity index (χ0n) is 11.1. The van der Waals surface area contributed by atoms with Crippen LogP contribution in [0.5, 0.6) is 0 Å². The molecule has 2 heterocycles. The molecule has 6 heteroatoms. The first kappa shape index (κ1) is 13.8. The molecule has 0 bridgehead atoms. The van der Waals surface area contributed by atoms with E-state index in [0.29, 0.717) is 12.4 Å². The van der Waals surface area contributed by atoms with Gasteiger partial charge in [0.25, 0.3) is 0 Å². The number of aryl methyl sites for hydroxylation is 1. The van der Waals surface area contributed by atoms with E-state index >= 15 is 0 Å². The normalized spacial score (nSPS) is 10.2. The smallest absolute Gasteiger partial charge is 0.337 e. The first-order chi connectivity index (χ1) is 9.61. The maximum atomic E-state index is 11.0. The van der Waals surface area contributed by atoms with Crippen molar-refractivity contribution >= 4 is 17.5 Å². The summed E-state index contributed by atoms with van der Waals surface area (Å²) < 4.78 is 0. The molecule has 0 spiro atoms. The third-order valence-electron chi connectivity index (χ3n) is 2.97. The van der Waals surface area contributed by atoms with E-state index in [1.165, 1.54) is 12.3 Å². The first-order valence-electron chi connectivity index (χ1n) is 6.27. The number of carboxylic acid groups (broad SMARTS) is 1. The predicted molar refractivity (Wildman–Crippen MR) is 76.6 cm³/mol. The molecular weight excluding hydrogens is 256 g/mol. The maximum Gasteiger partial charge on any atom is 0.337 e. The maximum absolute atomic E-state index is 11.0. The molecule has 0 saturated carbocycles. The van der Waals surface area contributed by atoms with Crippen LogP contribution in [0.4, 0.5) is 11.5 Å². The van der Waals surface area contributed by atoms with Gasteiger partial charge in [-0.3, -0.25) is 4.98 Å². The number of nitrogens with two attached hydrogens (primary N) is 1. The zero-order chi connectivity index (χ0) is 14.5. The number of pyridine rings is 2. The minimum atomic E-state index is -1.07. The van der Waals surface area contributed by atoms with Crippen molar-refractivity contribution in [2.75, 3.05) is 11.1 Å². The van der Waals surface area contributed by atoms with Crippen molar-refractivity contribution in [3.8, 4) is 0 Å². The Morgan fingerprint density at radius 1 is 1.45 bits per heavy atom. The van der Waals surface area contributed by atoms with Crippen LogP contribution in [-0.4, -0.2) is 21.0 Å². The highest BCUT2D eigenvalue weighted by molar-refractivity contribution is 5.94. The predicted octanol–water partition coefficient (Wildman–Crippen LogP) is 1.93. The number of nitrogens with zero attached hydrogens (tertiary/aromatic N) is 2. The van der Waals surface area contributed by atoms with Crippen molar-refractivity contribution in [2.24, 2.45) is 0 Å². The Labute approximate surface area is 116 Å². The fourth-order valence-electron chi connectivity index (χ4n) is 1.87. The van der Waals surface area contributed by atoms with Gasteiger partial charge in [-0.15, -0.1) is 0 Å². The standard InChI is InChI=1S/C14H16N4O2/c1-2-9-4-3-5-16-12(9)8-18-13-6-10(14(19)20)11(15)7-17-13/h3-7H,2,8,15H2,1H3,(H,17,18)(H,19,20). The number of hydrogen-bond acceptors (Lipinski definition) is 5. The molecule has 0 radical (unpaired) electrons. The third kappa shape index (κ3) is 3.03. The van der Waals surface area contributed by atoms with Gasteiger partial charge in [-0.2, -0.15) is 0 Å². The molecule has 2 aromatic rings. The number of nitrogen functional groups attached to an aromatic ring is 1. The number of nitrogens with one attached hydrogen (secondary N) is 1. The summed E-state index contributed by atoms with van der Waals surface area (Å²) in [5.74, 6) is -0.607. The van der Waals surface area contributed by atoms with Gasteiger partial charge in [-0.05, 0) is 24.1 Å². The summed E-state index contributed by atoms with van der Waals surface area (Å²) in [6.45, 7) is 2.55. The molecule has 2 aromatic heterocycles. The van der Waals surface area contributed by atoms with Gasteiger partial charge in [0.15, 0.2) is 0 Å². The molecule has 104 valence electrons. The van der Waals surface area contributed by atoms with Gasteiger partial charge in [0.05, 0.1) is 29.7 Å². The number of rotatable bonds is 5. The van der Waals surface area contributed by atoms with Gasteiger partial charge in [0.2, 0.25) is 0 Å². The Balaban J connectivity index is 2.15. The van der Waals surface area contributed by atoms with Crippen LogP contribution in [-0.2, 0) is 13.0 Å². The van der Waals surface area contributed by atoms with Crippen LogP contribution in [0.3, 0.4) is 0 Å². The van der Waals surface area contributed by atoms with E-state index in [9.17, 15) is 4.79 Å². The van der Waals surface area contributed by atoms with Gasteiger partial charge in [0, 0.05) is 6.20 Å². The monoisotopic (exact) mass is 272 g/mol. The highest BCUT2D eigenvalue weighted by Gasteiger charge is 2.10. The Bertz CT molecular complexity index is 628. The number of carboxylic acids is 1. The molecule has 4 N–H and O–H groups in total. The molecule has 0 atom stereocenters.